The summed E-state index contributed by atoms with van der Waals surface area (Å²) in [6, 6.07) is 0. The molecule has 0 aliphatic carbocycles. The maximum absolute atomic E-state index is 10.9. The van der Waals surface area contributed by atoms with E-state index in [4.69, 9.17) is 4.84 Å². The lowest BCUT2D eigenvalue weighted by Gasteiger charge is -2.00. The van der Waals surface area contributed by atoms with Crippen LogP contribution in [0.4, 0.5) is 0 Å². The summed E-state index contributed by atoms with van der Waals surface area (Å²) < 4.78 is 1.14. The summed E-state index contributed by atoms with van der Waals surface area (Å²) in [5.41, 5.74) is -0.337. The Morgan fingerprint density at radius 3 is 3.08 bits per heavy atom. The van der Waals surface area contributed by atoms with E-state index in [1.165, 1.54) is 18.9 Å². The molecule has 0 aromatic carbocycles. The zero-order valence-corrected chi connectivity index (χ0v) is 7.85. The monoisotopic (exact) mass is 189 g/mol. The maximum Gasteiger partial charge on any atom is 0.377 e. The topological polar surface area (TPSA) is 59.9 Å². The van der Waals surface area contributed by atoms with Gasteiger partial charge in [0.15, 0.2) is 0 Å². The van der Waals surface area contributed by atoms with Gasteiger partial charge in [0, 0.05) is 5.75 Å². The molecule has 68 valence electrons. The molecule has 12 heavy (non-hydrogen) atoms. The minimum atomic E-state index is -0.337. The molecule has 0 aliphatic heterocycles. The van der Waals surface area contributed by atoms with Gasteiger partial charge in [-0.1, -0.05) is 18.7 Å². The minimum Gasteiger partial charge on any atom is -0.410 e. The van der Waals surface area contributed by atoms with Gasteiger partial charge in [0.2, 0.25) is 5.16 Å². The number of hydrogen-bond acceptors (Lipinski definition) is 4. The number of rotatable bonds is 4. The molecule has 0 aliphatic rings. The Morgan fingerprint density at radius 1 is 1.75 bits per heavy atom. The molecule has 1 heterocycles. The van der Waals surface area contributed by atoms with Gasteiger partial charge in [0.25, 0.3) is 0 Å². The highest BCUT2D eigenvalue weighted by Gasteiger charge is 2.06. The molecule has 1 N–H and O–H groups in total. The molecule has 0 fully saturated rings. The van der Waals surface area contributed by atoms with Crippen molar-refractivity contribution < 1.29 is 4.84 Å². The lowest BCUT2D eigenvalue weighted by Crippen LogP contribution is -2.22. The van der Waals surface area contributed by atoms with E-state index >= 15 is 0 Å². The first-order valence-corrected chi connectivity index (χ1v) is 4.62. The first kappa shape index (κ1) is 9.18. The van der Waals surface area contributed by atoms with Crippen molar-refractivity contribution in [3.8, 4) is 0 Å². The van der Waals surface area contributed by atoms with Crippen molar-refractivity contribution in [3.05, 3.63) is 10.5 Å². The molecular formula is C6H11N3O2S. The van der Waals surface area contributed by atoms with Crippen LogP contribution in [0, 0.1) is 0 Å². The van der Waals surface area contributed by atoms with Crippen LogP contribution in [0.25, 0.3) is 0 Å². The van der Waals surface area contributed by atoms with Gasteiger partial charge in [-0.2, -0.15) is 0 Å². The SMILES string of the molecule is CCCSc1n[nH]c(=O)n1OC. The van der Waals surface area contributed by atoms with Gasteiger partial charge in [-0.3, -0.25) is 0 Å². The standard InChI is InChI=1S/C6H11N3O2S/c1-3-4-12-6-8-7-5(10)9(6)11-2/h3-4H2,1-2H3,(H,7,10). The van der Waals surface area contributed by atoms with Gasteiger partial charge < -0.3 is 4.84 Å². The van der Waals surface area contributed by atoms with Gasteiger partial charge in [0.05, 0.1) is 0 Å². The lowest BCUT2D eigenvalue weighted by molar-refractivity contribution is 0.135. The summed E-state index contributed by atoms with van der Waals surface area (Å²) >= 11 is 1.49. The van der Waals surface area contributed by atoms with E-state index in [0.717, 1.165) is 16.9 Å². The predicted octanol–water partition coefficient (Wildman–Crippen LogP) is 0.132. The molecule has 1 rings (SSSR count). The fourth-order valence-corrected chi connectivity index (χ4v) is 1.49. The minimum absolute atomic E-state index is 0.337. The number of thioether (sulfide) groups is 1. The first-order valence-electron chi connectivity index (χ1n) is 3.64. The molecule has 5 nitrogen and oxygen atoms in total. The second kappa shape index (κ2) is 4.20. The Bertz CT molecular complexity index is 293. The highest BCUT2D eigenvalue weighted by atomic mass is 32.2. The van der Waals surface area contributed by atoms with E-state index in [-0.39, 0.29) is 5.69 Å². The summed E-state index contributed by atoms with van der Waals surface area (Å²) in [6.07, 6.45) is 1.04. The van der Waals surface area contributed by atoms with Gasteiger partial charge in [-0.05, 0) is 6.42 Å². The van der Waals surface area contributed by atoms with E-state index in [1.807, 2.05) is 0 Å². The van der Waals surface area contributed by atoms with Crippen LogP contribution < -0.4 is 10.5 Å². The summed E-state index contributed by atoms with van der Waals surface area (Å²) in [4.78, 5) is 15.7. The third-order valence-corrected chi connectivity index (χ3v) is 2.35. The van der Waals surface area contributed by atoms with Crippen molar-refractivity contribution in [2.45, 2.75) is 18.5 Å². The van der Waals surface area contributed by atoms with Gasteiger partial charge in [-0.15, -0.1) is 9.83 Å². The van der Waals surface area contributed by atoms with Gasteiger partial charge >= 0.3 is 5.69 Å². The molecule has 0 saturated heterocycles. The van der Waals surface area contributed by atoms with E-state index < -0.39 is 0 Å². The van der Waals surface area contributed by atoms with Gasteiger partial charge in [-0.25, -0.2) is 9.89 Å². The lowest BCUT2D eigenvalue weighted by atomic mass is 10.6. The normalized spacial score (nSPS) is 10.2. The second-order valence-electron chi connectivity index (χ2n) is 2.14. The van der Waals surface area contributed by atoms with E-state index in [1.54, 1.807) is 0 Å². The van der Waals surface area contributed by atoms with Crippen molar-refractivity contribution in [2.24, 2.45) is 0 Å². The molecule has 0 saturated carbocycles. The number of nitrogens with one attached hydrogen (secondary N) is 1. The molecule has 0 bridgehead atoms. The third kappa shape index (κ3) is 1.82. The molecule has 6 heteroatoms. The fraction of sp³-hybridized carbons (Fsp3) is 0.667. The highest BCUT2D eigenvalue weighted by molar-refractivity contribution is 7.99. The smallest absolute Gasteiger partial charge is 0.377 e. The van der Waals surface area contributed by atoms with Crippen molar-refractivity contribution in [1.29, 1.82) is 0 Å². The van der Waals surface area contributed by atoms with Crippen LogP contribution in [-0.4, -0.2) is 27.8 Å². The predicted molar refractivity (Wildman–Crippen MR) is 46.4 cm³/mol. The Hall–Kier alpha value is -0.910. The number of H-pyrrole nitrogens is 1. The molecule has 0 amide bonds. The van der Waals surface area contributed by atoms with Crippen LogP contribution in [0.15, 0.2) is 9.95 Å². The molecule has 0 spiro atoms. The Kier molecular flexibility index (Phi) is 3.21. The van der Waals surface area contributed by atoms with Gasteiger partial charge in [0.1, 0.15) is 7.11 Å². The Labute approximate surface area is 74.1 Å². The third-order valence-electron chi connectivity index (χ3n) is 1.22. The van der Waals surface area contributed by atoms with Crippen molar-refractivity contribution in [1.82, 2.24) is 14.9 Å². The molecule has 0 radical (unpaired) electrons. The number of aromatic amines is 1. The van der Waals surface area contributed by atoms with Crippen LogP contribution in [0.1, 0.15) is 13.3 Å². The van der Waals surface area contributed by atoms with Crippen molar-refractivity contribution >= 4 is 11.8 Å². The quantitative estimate of drug-likeness (QED) is 0.684. The van der Waals surface area contributed by atoms with E-state index in [0.29, 0.717) is 5.16 Å². The summed E-state index contributed by atoms with van der Waals surface area (Å²) in [5.74, 6) is 0.924. The maximum atomic E-state index is 10.9. The largest absolute Gasteiger partial charge is 0.410 e. The zero-order chi connectivity index (χ0) is 8.97. The van der Waals surface area contributed by atoms with Crippen LogP contribution in [0.3, 0.4) is 0 Å². The molecule has 1 aromatic rings. The first-order chi connectivity index (χ1) is 5.79. The molecular weight excluding hydrogens is 178 g/mol. The number of hydrogen-bond donors (Lipinski definition) is 1. The van der Waals surface area contributed by atoms with Crippen molar-refractivity contribution in [3.63, 3.8) is 0 Å². The Balaban J connectivity index is 2.77. The van der Waals surface area contributed by atoms with E-state index in [9.17, 15) is 4.79 Å². The van der Waals surface area contributed by atoms with Crippen LogP contribution in [0.5, 0.6) is 0 Å². The van der Waals surface area contributed by atoms with E-state index in [2.05, 4.69) is 17.1 Å². The average Bonchev–Trinajstić information content (AvgIpc) is 2.43. The van der Waals surface area contributed by atoms with Crippen molar-refractivity contribution in [2.75, 3.05) is 12.9 Å². The Morgan fingerprint density at radius 2 is 2.50 bits per heavy atom. The zero-order valence-electron chi connectivity index (χ0n) is 7.03. The summed E-state index contributed by atoms with van der Waals surface area (Å²) in [5, 5.41) is 6.67. The summed E-state index contributed by atoms with van der Waals surface area (Å²) in [7, 11) is 1.44. The fourth-order valence-electron chi connectivity index (χ4n) is 0.719. The van der Waals surface area contributed by atoms with Crippen LogP contribution >= 0.6 is 11.8 Å². The molecule has 0 atom stereocenters. The average molecular weight is 189 g/mol. The second-order valence-corrected chi connectivity index (χ2v) is 3.20. The number of aromatic nitrogens is 3. The van der Waals surface area contributed by atoms with Crippen LogP contribution in [-0.2, 0) is 0 Å². The molecule has 1 aromatic heterocycles. The van der Waals surface area contributed by atoms with Crippen LogP contribution in [0.2, 0.25) is 0 Å². The number of nitrogens with zero attached hydrogens (tertiary/aromatic N) is 2. The highest BCUT2D eigenvalue weighted by Crippen LogP contribution is 2.12. The molecule has 0 unspecified atom stereocenters. The summed E-state index contributed by atoms with van der Waals surface area (Å²) in [6.45, 7) is 2.06.